The Bertz CT molecular complexity index is 371. The van der Waals surface area contributed by atoms with Gasteiger partial charge < -0.3 is 14.0 Å². The first-order chi connectivity index (χ1) is 8.29. The SMILES string of the molecule is CCOC(=O)c1nc(CC2CCOCC2)no1. The largest absolute Gasteiger partial charge is 0.459 e. The Morgan fingerprint density at radius 1 is 1.47 bits per heavy atom. The molecule has 0 amide bonds. The van der Waals surface area contributed by atoms with Crippen molar-refractivity contribution >= 4 is 5.97 Å². The van der Waals surface area contributed by atoms with Crippen molar-refractivity contribution in [1.82, 2.24) is 10.1 Å². The molecular formula is C11H16N2O4. The number of ether oxygens (including phenoxy) is 2. The van der Waals surface area contributed by atoms with E-state index in [4.69, 9.17) is 14.0 Å². The molecule has 0 saturated carbocycles. The molecule has 2 rings (SSSR count). The van der Waals surface area contributed by atoms with Gasteiger partial charge in [0.2, 0.25) is 0 Å². The molecule has 1 aromatic heterocycles. The Morgan fingerprint density at radius 3 is 2.94 bits per heavy atom. The molecule has 1 aliphatic heterocycles. The maximum Gasteiger partial charge on any atom is 0.397 e. The molecule has 1 fully saturated rings. The highest BCUT2D eigenvalue weighted by Gasteiger charge is 2.20. The van der Waals surface area contributed by atoms with Crippen molar-refractivity contribution in [3.8, 4) is 0 Å². The Balaban J connectivity index is 1.91. The number of carbonyl (C=O) groups is 1. The lowest BCUT2D eigenvalue weighted by Gasteiger charge is -2.20. The molecule has 0 unspecified atom stereocenters. The van der Waals surface area contributed by atoms with Gasteiger partial charge in [-0.1, -0.05) is 5.16 Å². The van der Waals surface area contributed by atoms with Gasteiger partial charge in [0.15, 0.2) is 5.82 Å². The van der Waals surface area contributed by atoms with Gasteiger partial charge in [-0.05, 0) is 25.7 Å². The van der Waals surface area contributed by atoms with Crippen molar-refractivity contribution in [2.24, 2.45) is 5.92 Å². The molecule has 1 aliphatic rings. The molecule has 1 saturated heterocycles. The topological polar surface area (TPSA) is 74.5 Å². The number of hydrogen-bond donors (Lipinski definition) is 0. The summed E-state index contributed by atoms with van der Waals surface area (Å²) >= 11 is 0. The van der Waals surface area contributed by atoms with E-state index in [0.717, 1.165) is 32.5 Å². The summed E-state index contributed by atoms with van der Waals surface area (Å²) in [6, 6.07) is 0. The van der Waals surface area contributed by atoms with Crippen LogP contribution in [0, 0.1) is 5.92 Å². The third-order valence-corrected chi connectivity index (χ3v) is 2.73. The summed E-state index contributed by atoms with van der Waals surface area (Å²) < 4.78 is 14.9. The summed E-state index contributed by atoms with van der Waals surface area (Å²) in [4.78, 5) is 15.3. The van der Waals surface area contributed by atoms with Crippen molar-refractivity contribution in [1.29, 1.82) is 0 Å². The van der Waals surface area contributed by atoms with Crippen LogP contribution in [0.25, 0.3) is 0 Å². The van der Waals surface area contributed by atoms with E-state index in [9.17, 15) is 4.79 Å². The average molecular weight is 240 g/mol. The maximum absolute atomic E-state index is 11.3. The molecule has 0 N–H and O–H groups in total. The minimum Gasteiger partial charge on any atom is -0.459 e. The van der Waals surface area contributed by atoms with Gasteiger partial charge in [-0.25, -0.2) is 4.79 Å². The lowest BCUT2D eigenvalue weighted by Crippen LogP contribution is -2.18. The summed E-state index contributed by atoms with van der Waals surface area (Å²) in [5.41, 5.74) is 0. The third kappa shape index (κ3) is 3.26. The average Bonchev–Trinajstić information content (AvgIpc) is 2.79. The Labute approximate surface area is 99.3 Å². The summed E-state index contributed by atoms with van der Waals surface area (Å²) in [5, 5.41) is 3.79. The molecule has 94 valence electrons. The molecule has 0 aliphatic carbocycles. The molecule has 0 spiro atoms. The number of esters is 1. The van der Waals surface area contributed by atoms with Crippen LogP contribution in [-0.4, -0.2) is 35.9 Å². The number of nitrogens with zero attached hydrogens (tertiary/aromatic N) is 2. The number of hydrogen-bond acceptors (Lipinski definition) is 6. The highest BCUT2D eigenvalue weighted by atomic mass is 16.6. The second-order valence-corrected chi connectivity index (χ2v) is 4.00. The minimum atomic E-state index is -0.557. The van der Waals surface area contributed by atoms with Crippen LogP contribution in [0.1, 0.15) is 36.3 Å². The van der Waals surface area contributed by atoms with Gasteiger partial charge in [-0.3, -0.25) is 0 Å². The van der Waals surface area contributed by atoms with Gasteiger partial charge in [0, 0.05) is 19.6 Å². The van der Waals surface area contributed by atoms with Crippen molar-refractivity contribution < 1.29 is 18.8 Å². The lowest BCUT2D eigenvalue weighted by atomic mass is 9.96. The fraction of sp³-hybridized carbons (Fsp3) is 0.727. The van der Waals surface area contributed by atoms with Crippen LogP contribution >= 0.6 is 0 Å². The fourth-order valence-electron chi connectivity index (χ4n) is 1.82. The standard InChI is InChI=1S/C11H16N2O4/c1-2-16-11(14)10-12-9(13-17-10)7-8-3-5-15-6-4-8/h8H,2-7H2,1H3. The van der Waals surface area contributed by atoms with Gasteiger partial charge in [-0.15, -0.1) is 0 Å². The molecule has 0 atom stereocenters. The molecule has 6 heteroatoms. The van der Waals surface area contributed by atoms with E-state index in [1.54, 1.807) is 6.92 Å². The van der Waals surface area contributed by atoms with Crippen molar-refractivity contribution in [3.63, 3.8) is 0 Å². The predicted molar refractivity (Wildman–Crippen MR) is 57.5 cm³/mol. The van der Waals surface area contributed by atoms with E-state index in [1.807, 2.05) is 0 Å². The summed E-state index contributed by atoms with van der Waals surface area (Å²) in [5.74, 6) is 0.462. The molecule has 2 heterocycles. The molecule has 6 nitrogen and oxygen atoms in total. The van der Waals surface area contributed by atoms with Crippen LogP contribution in [0.2, 0.25) is 0 Å². The first kappa shape index (κ1) is 12.0. The van der Waals surface area contributed by atoms with Crippen molar-refractivity contribution in [3.05, 3.63) is 11.7 Å². The summed E-state index contributed by atoms with van der Waals surface area (Å²) in [7, 11) is 0. The minimum absolute atomic E-state index is 0.0612. The van der Waals surface area contributed by atoms with Crippen LogP contribution in [0.5, 0.6) is 0 Å². The zero-order valence-electron chi connectivity index (χ0n) is 9.85. The lowest BCUT2D eigenvalue weighted by molar-refractivity contribution is 0.0470. The van der Waals surface area contributed by atoms with Crippen LogP contribution in [0.4, 0.5) is 0 Å². The monoisotopic (exact) mass is 240 g/mol. The molecule has 0 radical (unpaired) electrons. The van der Waals surface area contributed by atoms with Crippen LogP contribution < -0.4 is 0 Å². The van der Waals surface area contributed by atoms with Gasteiger partial charge in [0.1, 0.15) is 0 Å². The maximum atomic E-state index is 11.3. The van der Waals surface area contributed by atoms with Gasteiger partial charge >= 0.3 is 11.9 Å². The number of aromatic nitrogens is 2. The number of rotatable bonds is 4. The zero-order valence-corrected chi connectivity index (χ0v) is 9.85. The summed E-state index contributed by atoms with van der Waals surface area (Å²) in [6.45, 7) is 3.61. The normalized spacial score (nSPS) is 17.0. The molecule has 0 aromatic carbocycles. The van der Waals surface area contributed by atoms with E-state index < -0.39 is 5.97 Å². The van der Waals surface area contributed by atoms with Crippen LogP contribution in [-0.2, 0) is 15.9 Å². The Hall–Kier alpha value is -1.43. The summed E-state index contributed by atoms with van der Waals surface area (Å²) in [6.07, 6.45) is 2.73. The fourth-order valence-corrected chi connectivity index (χ4v) is 1.82. The first-order valence-electron chi connectivity index (χ1n) is 5.87. The quantitative estimate of drug-likeness (QED) is 0.736. The molecule has 17 heavy (non-hydrogen) atoms. The smallest absolute Gasteiger partial charge is 0.397 e. The van der Waals surface area contributed by atoms with E-state index >= 15 is 0 Å². The van der Waals surface area contributed by atoms with Crippen LogP contribution in [0.15, 0.2) is 4.52 Å². The highest BCUT2D eigenvalue weighted by molar-refractivity contribution is 5.83. The van der Waals surface area contributed by atoms with Crippen LogP contribution in [0.3, 0.4) is 0 Å². The van der Waals surface area contributed by atoms with Gasteiger partial charge in [-0.2, -0.15) is 4.98 Å². The Kier molecular flexibility index (Phi) is 4.08. The van der Waals surface area contributed by atoms with E-state index in [0.29, 0.717) is 18.3 Å². The number of carbonyl (C=O) groups excluding carboxylic acids is 1. The third-order valence-electron chi connectivity index (χ3n) is 2.73. The second kappa shape index (κ2) is 5.77. The Morgan fingerprint density at radius 2 is 2.24 bits per heavy atom. The first-order valence-corrected chi connectivity index (χ1v) is 5.87. The van der Waals surface area contributed by atoms with Crippen molar-refractivity contribution in [2.75, 3.05) is 19.8 Å². The van der Waals surface area contributed by atoms with E-state index in [2.05, 4.69) is 10.1 Å². The second-order valence-electron chi connectivity index (χ2n) is 4.00. The highest BCUT2D eigenvalue weighted by Crippen LogP contribution is 2.18. The molecule has 1 aromatic rings. The zero-order chi connectivity index (χ0) is 12.1. The van der Waals surface area contributed by atoms with Gasteiger partial charge in [0.05, 0.1) is 6.61 Å². The molecular weight excluding hydrogens is 224 g/mol. The van der Waals surface area contributed by atoms with E-state index in [-0.39, 0.29) is 5.89 Å². The molecule has 0 bridgehead atoms. The van der Waals surface area contributed by atoms with E-state index in [1.165, 1.54) is 0 Å². The van der Waals surface area contributed by atoms with Gasteiger partial charge in [0.25, 0.3) is 0 Å². The predicted octanol–water partition coefficient (Wildman–Crippen LogP) is 1.22. The van der Waals surface area contributed by atoms with Crippen molar-refractivity contribution in [2.45, 2.75) is 26.2 Å².